The van der Waals surface area contributed by atoms with E-state index in [9.17, 15) is 5.11 Å². The van der Waals surface area contributed by atoms with E-state index in [-0.39, 0.29) is 0 Å². The molecule has 0 saturated carbocycles. The number of pyridine rings is 1. The van der Waals surface area contributed by atoms with Crippen LogP contribution in [-0.4, -0.2) is 10.1 Å². The van der Waals surface area contributed by atoms with Crippen LogP contribution in [0.3, 0.4) is 0 Å². The number of aliphatic hydroxyl groups excluding tert-OH is 1. The molecule has 0 amide bonds. The number of aliphatic hydroxyl groups is 1. The molecule has 0 aliphatic rings. The Morgan fingerprint density at radius 3 is 2.50 bits per heavy atom. The van der Waals surface area contributed by atoms with Crippen molar-refractivity contribution >= 4 is 10.8 Å². The third-order valence-electron chi connectivity index (χ3n) is 3.70. The predicted octanol–water partition coefficient (Wildman–Crippen LogP) is 3.88. The number of fused-ring (bicyclic) bond motifs is 1. The minimum Gasteiger partial charge on any atom is -0.384 e. The molecule has 2 nitrogen and oxygen atoms in total. The molecule has 0 radical (unpaired) electrons. The summed E-state index contributed by atoms with van der Waals surface area (Å²) in [6.07, 6.45) is 3.94. The van der Waals surface area contributed by atoms with Gasteiger partial charge in [0.15, 0.2) is 0 Å². The second-order valence-electron chi connectivity index (χ2n) is 4.95. The Labute approximate surface area is 118 Å². The molecular weight excluding hydrogens is 246 g/mol. The topological polar surface area (TPSA) is 33.1 Å². The Balaban J connectivity index is 2.05. The zero-order valence-electron chi connectivity index (χ0n) is 11.5. The van der Waals surface area contributed by atoms with E-state index in [1.165, 1.54) is 5.56 Å². The fraction of sp³-hybridized carbons (Fsp3) is 0.167. The van der Waals surface area contributed by atoms with Crippen LogP contribution < -0.4 is 0 Å². The lowest BCUT2D eigenvalue weighted by Crippen LogP contribution is -2.01. The van der Waals surface area contributed by atoms with E-state index in [1.807, 2.05) is 42.6 Å². The van der Waals surface area contributed by atoms with Crippen molar-refractivity contribution in [2.24, 2.45) is 0 Å². The van der Waals surface area contributed by atoms with E-state index in [2.05, 4.69) is 24.0 Å². The van der Waals surface area contributed by atoms with Gasteiger partial charge in [0.1, 0.15) is 6.10 Å². The SMILES string of the molecule is CCc1ccc(C(O)c2cncc3ccccc23)cc1. The van der Waals surface area contributed by atoms with Gasteiger partial charge in [0.2, 0.25) is 0 Å². The van der Waals surface area contributed by atoms with Crippen molar-refractivity contribution in [3.05, 3.63) is 77.6 Å². The molecule has 1 heterocycles. The molecule has 0 aliphatic carbocycles. The first kappa shape index (κ1) is 12.8. The minimum atomic E-state index is -0.639. The highest BCUT2D eigenvalue weighted by Crippen LogP contribution is 2.28. The van der Waals surface area contributed by atoms with Crippen LogP contribution in [0.2, 0.25) is 0 Å². The molecule has 100 valence electrons. The average Bonchev–Trinajstić information content (AvgIpc) is 2.54. The molecule has 2 aromatic carbocycles. The summed E-state index contributed by atoms with van der Waals surface area (Å²) in [6, 6.07) is 16.1. The highest BCUT2D eigenvalue weighted by Gasteiger charge is 2.13. The Kier molecular flexibility index (Phi) is 3.48. The van der Waals surface area contributed by atoms with Crippen molar-refractivity contribution in [3.63, 3.8) is 0 Å². The Hall–Kier alpha value is -2.19. The molecular formula is C18H17NO. The van der Waals surface area contributed by atoms with E-state index in [0.717, 1.165) is 28.3 Å². The van der Waals surface area contributed by atoms with E-state index in [1.54, 1.807) is 6.20 Å². The van der Waals surface area contributed by atoms with Gasteiger partial charge in [-0.25, -0.2) is 0 Å². The first-order chi connectivity index (χ1) is 9.79. The normalized spacial score (nSPS) is 12.5. The largest absolute Gasteiger partial charge is 0.384 e. The van der Waals surface area contributed by atoms with Crippen molar-refractivity contribution in [1.82, 2.24) is 4.98 Å². The minimum absolute atomic E-state index is 0.639. The highest BCUT2D eigenvalue weighted by molar-refractivity contribution is 5.85. The molecule has 1 unspecified atom stereocenters. The number of hydrogen-bond acceptors (Lipinski definition) is 2. The van der Waals surface area contributed by atoms with Gasteiger partial charge < -0.3 is 5.11 Å². The molecule has 1 N–H and O–H groups in total. The fourth-order valence-electron chi connectivity index (χ4n) is 2.47. The highest BCUT2D eigenvalue weighted by atomic mass is 16.3. The van der Waals surface area contributed by atoms with Gasteiger partial charge in [-0.1, -0.05) is 55.5 Å². The fourth-order valence-corrected chi connectivity index (χ4v) is 2.47. The molecule has 0 aliphatic heterocycles. The number of hydrogen-bond donors (Lipinski definition) is 1. The van der Waals surface area contributed by atoms with Crippen molar-refractivity contribution in [2.45, 2.75) is 19.4 Å². The molecule has 1 aromatic heterocycles. The van der Waals surface area contributed by atoms with Crippen LogP contribution in [0.25, 0.3) is 10.8 Å². The van der Waals surface area contributed by atoms with Crippen LogP contribution in [0.5, 0.6) is 0 Å². The van der Waals surface area contributed by atoms with E-state index in [4.69, 9.17) is 0 Å². The summed E-state index contributed by atoms with van der Waals surface area (Å²) < 4.78 is 0. The number of aryl methyl sites for hydroxylation is 1. The number of aromatic nitrogens is 1. The summed E-state index contributed by atoms with van der Waals surface area (Å²) in [6.45, 7) is 2.13. The number of benzene rings is 2. The number of nitrogens with zero attached hydrogens (tertiary/aromatic N) is 1. The first-order valence-electron chi connectivity index (χ1n) is 6.89. The van der Waals surface area contributed by atoms with Gasteiger partial charge in [-0.2, -0.15) is 0 Å². The maximum Gasteiger partial charge on any atom is 0.106 e. The monoisotopic (exact) mass is 263 g/mol. The first-order valence-corrected chi connectivity index (χ1v) is 6.89. The molecule has 3 aromatic rings. The van der Waals surface area contributed by atoms with Gasteiger partial charge in [0.05, 0.1) is 0 Å². The smallest absolute Gasteiger partial charge is 0.106 e. The third kappa shape index (κ3) is 2.30. The third-order valence-corrected chi connectivity index (χ3v) is 3.70. The Morgan fingerprint density at radius 1 is 1.00 bits per heavy atom. The van der Waals surface area contributed by atoms with Gasteiger partial charge in [0, 0.05) is 23.3 Å². The lowest BCUT2D eigenvalue weighted by Gasteiger charge is -2.14. The lowest BCUT2D eigenvalue weighted by molar-refractivity contribution is 0.221. The summed E-state index contributed by atoms with van der Waals surface area (Å²) in [4.78, 5) is 4.23. The second-order valence-corrected chi connectivity index (χ2v) is 4.95. The van der Waals surface area contributed by atoms with Crippen molar-refractivity contribution < 1.29 is 5.11 Å². The Bertz CT molecular complexity index is 714. The number of rotatable bonds is 3. The van der Waals surface area contributed by atoms with Crippen LogP contribution in [0, 0.1) is 0 Å². The molecule has 0 fully saturated rings. The van der Waals surface area contributed by atoms with Crippen molar-refractivity contribution in [2.75, 3.05) is 0 Å². The van der Waals surface area contributed by atoms with E-state index >= 15 is 0 Å². The molecule has 20 heavy (non-hydrogen) atoms. The van der Waals surface area contributed by atoms with Gasteiger partial charge in [-0.3, -0.25) is 4.98 Å². The summed E-state index contributed by atoms with van der Waals surface area (Å²) in [5, 5.41) is 12.7. The predicted molar refractivity (Wildman–Crippen MR) is 81.6 cm³/mol. The average molecular weight is 263 g/mol. The van der Waals surface area contributed by atoms with E-state index in [0.29, 0.717) is 0 Å². The van der Waals surface area contributed by atoms with Crippen LogP contribution in [-0.2, 0) is 6.42 Å². The van der Waals surface area contributed by atoms with Crippen molar-refractivity contribution in [3.8, 4) is 0 Å². The maximum absolute atomic E-state index is 10.6. The zero-order valence-corrected chi connectivity index (χ0v) is 11.5. The molecule has 0 saturated heterocycles. The van der Waals surface area contributed by atoms with Gasteiger partial charge in [0.25, 0.3) is 0 Å². The summed E-state index contributed by atoms with van der Waals surface area (Å²) >= 11 is 0. The second kappa shape index (κ2) is 5.43. The molecule has 0 bridgehead atoms. The van der Waals surface area contributed by atoms with E-state index < -0.39 is 6.10 Å². The quantitative estimate of drug-likeness (QED) is 0.778. The molecule has 3 rings (SSSR count). The van der Waals surface area contributed by atoms with Gasteiger partial charge >= 0.3 is 0 Å². The summed E-state index contributed by atoms with van der Waals surface area (Å²) in [7, 11) is 0. The molecule has 0 spiro atoms. The summed E-state index contributed by atoms with van der Waals surface area (Å²) in [5.41, 5.74) is 3.03. The molecule has 2 heteroatoms. The van der Waals surface area contributed by atoms with Crippen LogP contribution >= 0.6 is 0 Å². The van der Waals surface area contributed by atoms with Crippen LogP contribution in [0.15, 0.2) is 60.9 Å². The van der Waals surface area contributed by atoms with Crippen LogP contribution in [0.4, 0.5) is 0 Å². The van der Waals surface area contributed by atoms with Gasteiger partial charge in [-0.15, -0.1) is 0 Å². The standard InChI is InChI=1S/C18H17NO/c1-2-13-7-9-14(10-8-13)18(20)17-12-19-11-15-5-3-4-6-16(15)17/h3-12,18,20H,2H2,1H3. The summed E-state index contributed by atoms with van der Waals surface area (Å²) in [5.74, 6) is 0. The lowest BCUT2D eigenvalue weighted by atomic mass is 9.97. The van der Waals surface area contributed by atoms with Gasteiger partial charge in [-0.05, 0) is 22.9 Å². The van der Waals surface area contributed by atoms with Crippen molar-refractivity contribution in [1.29, 1.82) is 0 Å². The van der Waals surface area contributed by atoms with Crippen LogP contribution in [0.1, 0.15) is 29.7 Å². The Morgan fingerprint density at radius 2 is 1.75 bits per heavy atom. The maximum atomic E-state index is 10.6. The zero-order chi connectivity index (χ0) is 13.9. The molecule has 1 atom stereocenters.